The van der Waals surface area contributed by atoms with Crippen LogP contribution in [0, 0.1) is 0 Å². The quantitative estimate of drug-likeness (QED) is 0.354. The minimum Gasteiger partial charge on any atom is -0.465 e. The lowest BCUT2D eigenvalue weighted by Gasteiger charge is -2.06. The van der Waals surface area contributed by atoms with Crippen molar-refractivity contribution < 1.29 is 18.7 Å². The largest absolute Gasteiger partial charge is 0.465 e. The molecule has 0 spiro atoms. The summed E-state index contributed by atoms with van der Waals surface area (Å²) in [5.41, 5.74) is 1.32. The molecule has 3 rings (SSSR count). The summed E-state index contributed by atoms with van der Waals surface area (Å²) in [4.78, 5) is 23.4. The maximum Gasteiger partial charge on any atom is 0.337 e. The summed E-state index contributed by atoms with van der Waals surface area (Å²) in [7, 11) is 1.33. The van der Waals surface area contributed by atoms with E-state index in [1.165, 1.54) is 29.8 Å². The third kappa shape index (κ3) is 4.47. The van der Waals surface area contributed by atoms with Gasteiger partial charge in [0, 0.05) is 6.54 Å². The van der Waals surface area contributed by atoms with Gasteiger partial charge in [0.1, 0.15) is 0 Å². The molecule has 0 aliphatic heterocycles. The van der Waals surface area contributed by atoms with E-state index >= 15 is 0 Å². The summed E-state index contributed by atoms with van der Waals surface area (Å²) < 4.78 is 11.2. The molecule has 0 aliphatic rings. The van der Waals surface area contributed by atoms with Crippen LogP contribution in [0.3, 0.4) is 0 Å². The van der Waals surface area contributed by atoms with E-state index in [0.29, 0.717) is 28.8 Å². The lowest BCUT2D eigenvalue weighted by molar-refractivity contribution is -0.118. The standard InChI is InChI=1S/C17H17N5O4S/c1-25-16(24)12-6-4-11(5-7-12)9-19-14(23)10-27-17-21-20-15(22(17)18)13-3-2-8-26-13/h2-8H,9-10,18H2,1H3,(H,19,23). The van der Waals surface area contributed by atoms with Gasteiger partial charge in [-0.1, -0.05) is 23.9 Å². The number of benzene rings is 1. The Morgan fingerprint density at radius 3 is 2.70 bits per heavy atom. The van der Waals surface area contributed by atoms with Crippen molar-refractivity contribution in [3.8, 4) is 11.6 Å². The number of nitrogen functional groups attached to an aromatic ring is 1. The number of ether oxygens (including phenoxy) is 1. The van der Waals surface area contributed by atoms with E-state index in [2.05, 4.69) is 20.3 Å². The van der Waals surface area contributed by atoms with Gasteiger partial charge in [-0.25, -0.2) is 9.47 Å². The Hall–Kier alpha value is -3.27. The molecule has 3 N–H and O–H groups in total. The zero-order valence-electron chi connectivity index (χ0n) is 14.4. The van der Waals surface area contributed by atoms with Crippen molar-refractivity contribution in [1.29, 1.82) is 0 Å². The number of hydrogen-bond donors (Lipinski definition) is 2. The first-order chi connectivity index (χ1) is 13.1. The highest BCUT2D eigenvalue weighted by Gasteiger charge is 2.15. The predicted octanol–water partition coefficient (Wildman–Crippen LogP) is 1.45. The molecule has 0 bridgehead atoms. The molecule has 27 heavy (non-hydrogen) atoms. The summed E-state index contributed by atoms with van der Waals surface area (Å²) in [6.07, 6.45) is 1.52. The Morgan fingerprint density at radius 2 is 2.04 bits per heavy atom. The SMILES string of the molecule is COC(=O)c1ccc(CNC(=O)CSc2nnc(-c3ccco3)n2N)cc1. The van der Waals surface area contributed by atoms with E-state index in [1.54, 1.807) is 36.4 Å². The highest BCUT2D eigenvalue weighted by atomic mass is 32.2. The molecule has 1 aromatic carbocycles. The van der Waals surface area contributed by atoms with Gasteiger partial charge in [-0.2, -0.15) is 0 Å². The number of carbonyl (C=O) groups excluding carboxylic acids is 2. The van der Waals surface area contributed by atoms with Gasteiger partial charge < -0.3 is 20.3 Å². The van der Waals surface area contributed by atoms with Gasteiger partial charge >= 0.3 is 5.97 Å². The molecular formula is C17H17N5O4S. The molecule has 0 radical (unpaired) electrons. The Labute approximate surface area is 158 Å². The van der Waals surface area contributed by atoms with E-state index in [9.17, 15) is 9.59 Å². The number of hydrogen-bond acceptors (Lipinski definition) is 8. The number of methoxy groups -OCH3 is 1. The number of amides is 1. The molecule has 2 aromatic heterocycles. The van der Waals surface area contributed by atoms with E-state index in [-0.39, 0.29) is 11.7 Å². The Kier molecular flexibility index (Phi) is 5.77. The molecule has 0 saturated carbocycles. The molecule has 2 heterocycles. The van der Waals surface area contributed by atoms with E-state index in [4.69, 9.17) is 10.3 Å². The molecule has 9 nitrogen and oxygen atoms in total. The van der Waals surface area contributed by atoms with Crippen molar-refractivity contribution in [2.24, 2.45) is 0 Å². The number of furan rings is 1. The van der Waals surface area contributed by atoms with E-state index in [0.717, 1.165) is 5.56 Å². The summed E-state index contributed by atoms with van der Waals surface area (Å²) in [6.45, 7) is 0.341. The molecule has 10 heteroatoms. The minimum absolute atomic E-state index is 0.133. The van der Waals surface area contributed by atoms with Gasteiger partial charge in [-0.05, 0) is 29.8 Å². The van der Waals surface area contributed by atoms with Crippen LogP contribution in [0.15, 0.2) is 52.2 Å². The second-order valence-electron chi connectivity index (χ2n) is 5.41. The zero-order valence-corrected chi connectivity index (χ0v) is 15.2. The van der Waals surface area contributed by atoms with Gasteiger partial charge in [-0.3, -0.25) is 4.79 Å². The van der Waals surface area contributed by atoms with Crippen LogP contribution in [0.5, 0.6) is 0 Å². The van der Waals surface area contributed by atoms with Gasteiger partial charge in [-0.15, -0.1) is 10.2 Å². The normalized spacial score (nSPS) is 10.6. The van der Waals surface area contributed by atoms with Crippen LogP contribution in [0.1, 0.15) is 15.9 Å². The summed E-state index contributed by atoms with van der Waals surface area (Å²) in [6, 6.07) is 10.3. The average Bonchev–Trinajstić information content (AvgIpc) is 3.34. The van der Waals surface area contributed by atoms with Gasteiger partial charge in [0.15, 0.2) is 5.76 Å². The Bertz CT molecular complexity index is 921. The van der Waals surface area contributed by atoms with E-state index < -0.39 is 5.97 Å². The maximum atomic E-state index is 12.0. The number of nitrogens with two attached hydrogens (primary N) is 1. The van der Waals surface area contributed by atoms with Crippen molar-refractivity contribution >= 4 is 23.6 Å². The van der Waals surface area contributed by atoms with E-state index in [1.807, 2.05) is 0 Å². The molecule has 0 fully saturated rings. The van der Waals surface area contributed by atoms with Crippen LogP contribution >= 0.6 is 11.8 Å². The van der Waals surface area contributed by atoms with Crippen molar-refractivity contribution in [1.82, 2.24) is 20.2 Å². The first kappa shape index (κ1) is 18.5. The number of rotatable bonds is 7. The lowest BCUT2D eigenvalue weighted by Crippen LogP contribution is -2.25. The van der Waals surface area contributed by atoms with Crippen LogP contribution in [-0.2, 0) is 16.1 Å². The second-order valence-corrected chi connectivity index (χ2v) is 6.35. The monoisotopic (exact) mass is 387 g/mol. The third-order valence-corrected chi connectivity index (χ3v) is 4.55. The van der Waals surface area contributed by atoms with Gasteiger partial charge in [0.2, 0.25) is 16.9 Å². The van der Waals surface area contributed by atoms with Gasteiger partial charge in [0.25, 0.3) is 0 Å². The topological polar surface area (TPSA) is 125 Å². The summed E-state index contributed by atoms with van der Waals surface area (Å²) >= 11 is 1.17. The maximum absolute atomic E-state index is 12.0. The van der Waals surface area contributed by atoms with Crippen LogP contribution < -0.4 is 11.2 Å². The average molecular weight is 387 g/mol. The Morgan fingerprint density at radius 1 is 1.26 bits per heavy atom. The molecule has 3 aromatic rings. The molecule has 0 unspecified atom stereocenters. The van der Waals surface area contributed by atoms with Crippen LogP contribution in [0.2, 0.25) is 0 Å². The van der Waals surface area contributed by atoms with Crippen molar-refractivity contribution in [2.75, 3.05) is 18.7 Å². The fourth-order valence-corrected chi connectivity index (χ4v) is 2.89. The number of carbonyl (C=O) groups is 2. The van der Waals surface area contributed by atoms with Crippen LogP contribution in [-0.4, -0.2) is 39.6 Å². The molecular weight excluding hydrogens is 370 g/mol. The third-order valence-electron chi connectivity index (χ3n) is 3.60. The van der Waals surface area contributed by atoms with Crippen molar-refractivity contribution in [2.45, 2.75) is 11.7 Å². The lowest BCUT2D eigenvalue weighted by atomic mass is 10.1. The number of thioether (sulfide) groups is 1. The second kappa shape index (κ2) is 8.41. The predicted molar refractivity (Wildman–Crippen MR) is 98.2 cm³/mol. The first-order valence-corrected chi connectivity index (χ1v) is 8.88. The Balaban J connectivity index is 1.50. The fraction of sp³-hybridized carbons (Fsp3) is 0.176. The molecule has 1 amide bonds. The molecule has 0 atom stereocenters. The molecule has 140 valence electrons. The number of nitrogens with one attached hydrogen (secondary N) is 1. The highest BCUT2D eigenvalue weighted by Crippen LogP contribution is 2.21. The first-order valence-electron chi connectivity index (χ1n) is 7.89. The molecule has 0 saturated heterocycles. The fourth-order valence-electron chi connectivity index (χ4n) is 2.21. The zero-order chi connectivity index (χ0) is 19.2. The molecule has 0 aliphatic carbocycles. The smallest absolute Gasteiger partial charge is 0.337 e. The van der Waals surface area contributed by atoms with Gasteiger partial charge in [0.05, 0.1) is 24.7 Å². The minimum atomic E-state index is -0.401. The number of nitrogens with zero attached hydrogens (tertiary/aromatic N) is 3. The van der Waals surface area contributed by atoms with Crippen LogP contribution in [0.4, 0.5) is 0 Å². The highest BCUT2D eigenvalue weighted by molar-refractivity contribution is 7.99. The summed E-state index contributed by atoms with van der Waals surface area (Å²) in [5.74, 6) is 6.37. The van der Waals surface area contributed by atoms with Crippen LogP contribution in [0.25, 0.3) is 11.6 Å². The number of aromatic nitrogens is 3. The van der Waals surface area contributed by atoms with Crippen molar-refractivity contribution in [3.63, 3.8) is 0 Å². The number of esters is 1. The van der Waals surface area contributed by atoms with Crippen molar-refractivity contribution in [3.05, 3.63) is 53.8 Å². The summed E-state index contributed by atoms with van der Waals surface area (Å²) in [5, 5.41) is 11.1.